The fourth-order valence-electron chi connectivity index (χ4n) is 3.48. The normalized spacial score (nSPS) is 15.6. The first kappa shape index (κ1) is 16.8. The molecule has 1 aliphatic rings. The van der Waals surface area contributed by atoms with Crippen LogP contribution in [0.25, 0.3) is 11.0 Å². The molecule has 0 aromatic carbocycles. The van der Waals surface area contributed by atoms with Crippen molar-refractivity contribution in [2.75, 3.05) is 24.6 Å². The van der Waals surface area contributed by atoms with E-state index in [1.165, 1.54) is 0 Å². The number of aromatic nitrogens is 5. The Morgan fingerprint density at radius 1 is 1.19 bits per heavy atom. The maximum absolute atomic E-state index is 5.94. The molecule has 0 radical (unpaired) electrons. The first-order valence-electron chi connectivity index (χ1n) is 9.07. The molecule has 0 bridgehead atoms. The van der Waals surface area contributed by atoms with E-state index in [0.29, 0.717) is 5.92 Å². The summed E-state index contributed by atoms with van der Waals surface area (Å²) in [5.41, 5.74) is 1.98. The van der Waals surface area contributed by atoms with Crippen molar-refractivity contribution in [3.8, 4) is 5.88 Å². The molecule has 0 aliphatic carbocycles. The molecule has 0 spiro atoms. The van der Waals surface area contributed by atoms with Crippen molar-refractivity contribution in [3.05, 3.63) is 35.9 Å². The van der Waals surface area contributed by atoms with Gasteiger partial charge in [-0.25, -0.2) is 15.0 Å². The van der Waals surface area contributed by atoms with Crippen LogP contribution < -0.4 is 9.64 Å². The third-order valence-corrected chi connectivity index (χ3v) is 5.02. The number of hydrogen-bond donors (Lipinski definition) is 0. The first-order chi connectivity index (χ1) is 12.6. The zero-order valence-corrected chi connectivity index (χ0v) is 15.5. The van der Waals surface area contributed by atoms with Crippen LogP contribution in [0.15, 0.2) is 24.5 Å². The second-order valence-corrected chi connectivity index (χ2v) is 6.97. The molecule has 7 nitrogen and oxygen atoms in total. The van der Waals surface area contributed by atoms with Gasteiger partial charge >= 0.3 is 0 Å². The van der Waals surface area contributed by atoms with Crippen molar-refractivity contribution < 1.29 is 4.74 Å². The lowest BCUT2D eigenvalue weighted by Crippen LogP contribution is -2.36. The Bertz CT molecular complexity index is 914. The van der Waals surface area contributed by atoms with E-state index in [4.69, 9.17) is 4.74 Å². The lowest BCUT2D eigenvalue weighted by molar-refractivity contribution is 0.215. The van der Waals surface area contributed by atoms with E-state index < -0.39 is 0 Å². The number of aryl methyl sites for hydroxylation is 3. The van der Waals surface area contributed by atoms with Crippen molar-refractivity contribution in [2.24, 2.45) is 13.0 Å². The number of pyridine rings is 1. The molecule has 1 aliphatic heterocycles. The summed E-state index contributed by atoms with van der Waals surface area (Å²) in [7, 11) is 1.92. The molecule has 0 saturated carbocycles. The predicted octanol–water partition coefficient (Wildman–Crippen LogP) is 2.67. The molecule has 0 amide bonds. The number of anilines is 1. The summed E-state index contributed by atoms with van der Waals surface area (Å²) in [4.78, 5) is 15.9. The van der Waals surface area contributed by atoms with Gasteiger partial charge in [0, 0.05) is 31.9 Å². The lowest BCUT2D eigenvalue weighted by Gasteiger charge is -2.33. The molecule has 1 saturated heterocycles. The second-order valence-electron chi connectivity index (χ2n) is 6.97. The van der Waals surface area contributed by atoms with Crippen molar-refractivity contribution in [1.82, 2.24) is 24.7 Å². The van der Waals surface area contributed by atoms with Gasteiger partial charge in [0.25, 0.3) is 0 Å². The largest absolute Gasteiger partial charge is 0.477 e. The third-order valence-electron chi connectivity index (χ3n) is 5.02. The van der Waals surface area contributed by atoms with Crippen LogP contribution in [0.2, 0.25) is 0 Å². The minimum atomic E-state index is 0.542. The molecular formula is C19H24N6O. The topological polar surface area (TPSA) is 69.0 Å². The number of hydrogen-bond acceptors (Lipinski definition) is 6. The molecule has 7 heteroatoms. The zero-order chi connectivity index (χ0) is 18.1. The summed E-state index contributed by atoms with van der Waals surface area (Å²) < 4.78 is 7.75. The summed E-state index contributed by atoms with van der Waals surface area (Å²) in [5.74, 6) is 3.08. The molecule has 0 unspecified atom stereocenters. The molecule has 0 N–H and O–H groups in total. The standard InChI is InChI=1S/C19H24N6O/c1-13-5-4-8-20-19(13)26-12-15-6-9-25(10-7-15)18-16-11-21-24(3)17(16)22-14(2)23-18/h4-5,8,11,15H,6-7,9-10,12H2,1-3H3. The molecule has 136 valence electrons. The highest BCUT2D eigenvalue weighted by Gasteiger charge is 2.23. The maximum Gasteiger partial charge on any atom is 0.216 e. The minimum Gasteiger partial charge on any atom is -0.477 e. The molecule has 1 fully saturated rings. The van der Waals surface area contributed by atoms with Gasteiger partial charge in [-0.05, 0) is 38.7 Å². The number of nitrogens with zero attached hydrogens (tertiary/aromatic N) is 6. The summed E-state index contributed by atoms with van der Waals surface area (Å²) in [6.45, 7) is 6.62. The quantitative estimate of drug-likeness (QED) is 0.719. The van der Waals surface area contributed by atoms with Gasteiger partial charge in [-0.2, -0.15) is 5.10 Å². The number of ether oxygens (including phenoxy) is 1. The van der Waals surface area contributed by atoms with Crippen molar-refractivity contribution in [2.45, 2.75) is 26.7 Å². The first-order valence-corrected chi connectivity index (χ1v) is 9.07. The molecule has 3 aromatic rings. The number of fused-ring (bicyclic) bond motifs is 1. The third kappa shape index (κ3) is 3.21. The Balaban J connectivity index is 1.42. The van der Waals surface area contributed by atoms with E-state index in [9.17, 15) is 0 Å². The summed E-state index contributed by atoms with van der Waals surface area (Å²) >= 11 is 0. The molecule has 0 atom stereocenters. The van der Waals surface area contributed by atoms with Crippen LogP contribution in [-0.2, 0) is 7.05 Å². The Hall–Kier alpha value is -2.70. The second kappa shape index (κ2) is 6.90. The molecule has 26 heavy (non-hydrogen) atoms. The monoisotopic (exact) mass is 352 g/mol. The van der Waals surface area contributed by atoms with E-state index >= 15 is 0 Å². The van der Waals surface area contributed by atoms with Crippen molar-refractivity contribution in [1.29, 1.82) is 0 Å². The predicted molar refractivity (Wildman–Crippen MR) is 100 cm³/mol. The highest BCUT2D eigenvalue weighted by atomic mass is 16.5. The summed E-state index contributed by atoms with van der Waals surface area (Å²) in [6.07, 6.45) is 5.80. The van der Waals surface area contributed by atoms with Crippen LogP contribution >= 0.6 is 0 Å². The van der Waals surface area contributed by atoms with Gasteiger partial charge in [0.2, 0.25) is 5.88 Å². The Morgan fingerprint density at radius 3 is 2.77 bits per heavy atom. The van der Waals surface area contributed by atoms with Gasteiger partial charge in [-0.1, -0.05) is 6.07 Å². The van der Waals surface area contributed by atoms with E-state index in [1.54, 1.807) is 6.20 Å². The van der Waals surface area contributed by atoms with E-state index in [-0.39, 0.29) is 0 Å². The summed E-state index contributed by atoms with van der Waals surface area (Å²) in [5, 5.41) is 5.36. The molecular weight excluding hydrogens is 328 g/mol. The van der Waals surface area contributed by atoms with Crippen molar-refractivity contribution in [3.63, 3.8) is 0 Å². The SMILES string of the molecule is Cc1nc(N2CCC(COc3ncccc3C)CC2)c2cnn(C)c2n1. The van der Waals surface area contributed by atoms with Crippen LogP contribution in [-0.4, -0.2) is 44.4 Å². The van der Waals surface area contributed by atoms with Gasteiger partial charge in [-0.3, -0.25) is 4.68 Å². The van der Waals surface area contributed by atoms with Gasteiger partial charge in [-0.15, -0.1) is 0 Å². The Kier molecular flexibility index (Phi) is 4.44. The Morgan fingerprint density at radius 2 is 2.00 bits per heavy atom. The van der Waals surface area contributed by atoms with E-state index in [2.05, 4.69) is 25.0 Å². The van der Waals surface area contributed by atoms with Gasteiger partial charge in [0.15, 0.2) is 5.65 Å². The van der Waals surface area contributed by atoms with Gasteiger partial charge in [0.05, 0.1) is 18.2 Å². The lowest BCUT2D eigenvalue weighted by atomic mass is 9.97. The number of piperidine rings is 1. The van der Waals surface area contributed by atoms with Gasteiger partial charge in [0.1, 0.15) is 11.6 Å². The molecule has 4 heterocycles. The van der Waals surface area contributed by atoms with Crippen molar-refractivity contribution >= 4 is 16.9 Å². The maximum atomic E-state index is 5.94. The number of rotatable bonds is 4. The van der Waals surface area contributed by atoms with Crippen LogP contribution in [0.3, 0.4) is 0 Å². The van der Waals surface area contributed by atoms with Crippen LogP contribution in [0, 0.1) is 19.8 Å². The van der Waals surface area contributed by atoms with E-state index in [1.807, 2.05) is 43.9 Å². The smallest absolute Gasteiger partial charge is 0.216 e. The van der Waals surface area contributed by atoms with Crippen LogP contribution in [0.5, 0.6) is 5.88 Å². The van der Waals surface area contributed by atoms with Crippen LogP contribution in [0.4, 0.5) is 5.82 Å². The molecule has 3 aromatic heterocycles. The fraction of sp³-hybridized carbons (Fsp3) is 0.474. The zero-order valence-electron chi connectivity index (χ0n) is 15.5. The van der Waals surface area contributed by atoms with E-state index in [0.717, 1.165) is 66.7 Å². The molecule has 4 rings (SSSR count). The average molecular weight is 352 g/mol. The highest BCUT2D eigenvalue weighted by molar-refractivity contribution is 5.87. The van der Waals surface area contributed by atoms with Crippen LogP contribution in [0.1, 0.15) is 24.2 Å². The Labute approximate surface area is 153 Å². The van der Waals surface area contributed by atoms with Gasteiger partial charge < -0.3 is 9.64 Å². The summed E-state index contributed by atoms with van der Waals surface area (Å²) in [6, 6.07) is 3.96. The fourth-order valence-corrected chi connectivity index (χ4v) is 3.48. The minimum absolute atomic E-state index is 0.542. The highest BCUT2D eigenvalue weighted by Crippen LogP contribution is 2.28. The average Bonchev–Trinajstić information content (AvgIpc) is 3.02.